The number of nitrogens with zero attached hydrogens (tertiary/aromatic N) is 3. The molecule has 2 heterocycles. The maximum atomic E-state index is 11.8. The summed E-state index contributed by atoms with van der Waals surface area (Å²) < 4.78 is 0. The number of hydrogen-bond donors (Lipinski definition) is 1. The second-order valence-electron chi connectivity index (χ2n) is 5.32. The zero-order valence-corrected chi connectivity index (χ0v) is 11.9. The molecule has 0 bridgehead atoms. The molecule has 1 N–H and O–H groups in total. The average molecular weight is 262 g/mol. The molecule has 1 fully saturated rings. The summed E-state index contributed by atoms with van der Waals surface area (Å²) in [6.45, 7) is 8.40. The van der Waals surface area contributed by atoms with Gasteiger partial charge in [0.15, 0.2) is 0 Å². The summed E-state index contributed by atoms with van der Waals surface area (Å²) in [5.74, 6) is 2.22. The van der Waals surface area contributed by atoms with Gasteiger partial charge in [-0.1, -0.05) is 13.8 Å². The van der Waals surface area contributed by atoms with Crippen LogP contribution in [0.5, 0.6) is 0 Å². The van der Waals surface area contributed by atoms with Crippen LogP contribution in [0.1, 0.15) is 38.2 Å². The normalized spacial score (nSPS) is 19.0. The molecular formula is C14H22N4O. The fourth-order valence-corrected chi connectivity index (χ4v) is 2.34. The Morgan fingerprint density at radius 1 is 1.47 bits per heavy atom. The maximum Gasteiger partial charge on any atom is 0.223 e. The van der Waals surface area contributed by atoms with Gasteiger partial charge in [0, 0.05) is 31.3 Å². The third kappa shape index (κ3) is 3.66. The number of rotatable bonds is 5. The van der Waals surface area contributed by atoms with Crippen molar-refractivity contribution in [3.05, 3.63) is 17.6 Å². The molecule has 19 heavy (non-hydrogen) atoms. The van der Waals surface area contributed by atoms with E-state index in [4.69, 9.17) is 0 Å². The van der Waals surface area contributed by atoms with Crippen LogP contribution in [0, 0.1) is 12.8 Å². The van der Waals surface area contributed by atoms with Crippen molar-refractivity contribution in [2.24, 2.45) is 5.92 Å². The number of anilines is 1. The monoisotopic (exact) mass is 262 g/mol. The molecule has 0 aliphatic carbocycles. The fraction of sp³-hybridized carbons (Fsp3) is 0.643. The first-order chi connectivity index (χ1) is 9.08. The zero-order chi connectivity index (χ0) is 13.8. The van der Waals surface area contributed by atoms with Crippen molar-refractivity contribution in [1.82, 2.24) is 14.9 Å². The lowest BCUT2D eigenvalue weighted by Crippen LogP contribution is -2.26. The average Bonchev–Trinajstić information content (AvgIpc) is 2.64. The van der Waals surface area contributed by atoms with Gasteiger partial charge in [0.25, 0.3) is 0 Å². The minimum Gasteiger partial charge on any atom is -0.370 e. The second-order valence-corrected chi connectivity index (χ2v) is 5.32. The predicted molar refractivity (Wildman–Crippen MR) is 74.7 cm³/mol. The molecule has 1 unspecified atom stereocenters. The lowest BCUT2D eigenvalue weighted by molar-refractivity contribution is -0.128. The number of carbonyl (C=O) groups is 1. The van der Waals surface area contributed by atoms with Gasteiger partial charge >= 0.3 is 0 Å². The molecule has 1 saturated heterocycles. The van der Waals surface area contributed by atoms with Crippen molar-refractivity contribution in [3.8, 4) is 0 Å². The van der Waals surface area contributed by atoms with Crippen LogP contribution in [0.25, 0.3) is 0 Å². The third-order valence-electron chi connectivity index (χ3n) is 3.20. The van der Waals surface area contributed by atoms with Crippen molar-refractivity contribution in [2.75, 3.05) is 18.4 Å². The first-order valence-electron chi connectivity index (χ1n) is 6.94. The van der Waals surface area contributed by atoms with Crippen molar-refractivity contribution in [2.45, 2.75) is 40.2 Å². The quantitative estimate of drug-likeness (QED) is 0.881. The van der Waals surface area contributed by atoms with Gasteiger partial charge in [0.2, 0.25) is 5.91 Å². The number of carbonyl (C=O) groups excluding carboxylic acids is 1. The maximum absolute atomic E-state index is 11.8. The van der Waals surface area contributed by atoms with Crippen LogP contribution in [-0.2, 0) is 11.3 Å². The zero-order valence-electron chi connectivity index (χ0n) is 11.9. The summed E-state index contributed by atoms with van der Waals surface area (Å²) in [4.78, 5) is 22.5. The summed E-state index contributed by atoms with van der Waals surface area (Å²) >= 11 is 0. The highest BCUT2D eigenvalue weighted by Crippen LogP contribution is 2.19. The van der Waals surface area contributed by atoms with Crippen LogP contribution in [0.2, 0.25) is 0 Å². The molecule has 5 nitrogen and oxygen atoms in total. The first-order valence-corrected chi connectivity index (χ1v) is 6.94. The van der Waals surface area contributed by atoms with Crippen molar-refractivity contribution < 1.29 is 4.79 Å². The summed E-state index contributed by atoms with van der Waals surface area (Å²) in [7, 11) is 0. The number of likely N-dealkylation sites (tertiary alicyclic amines) is 1. The minimum atomic E-state index is 0.209. The van der Waals surface area contributed by atoms with E-state index >= 15 is 0 Å². The number of amides is 1. The van der Waals surface area contributed by atoms with E-state index in [1.807, 2.05) is 17.9 Å². The molecule has 0 saturated carbocycles. The van der Waals surface area contributed by atoms with Crippen LogP contribution in [0.3, 0.4) is 0 Å². The summed E-state index contributed by atoms with van der Waals surface area (Å²) in [6.07, 6.45) is 1.70. The summed E-state index contributed by atoms with van der Waals surface area (Å²) in [6, 6.07) is 1.94. The Hall–Kier alpha value is -1.65. The number of aryl methyl sites for hydroxylation is 1. The van der Waals surface area contributed by atoms with Crippen molar-refractivity contribution in [1.29, 1.82) is 0 Å². The molecule has 104 valence electrons. The van der Waals surface area contributed by atoms with E-state index < -0.39 is 0 Å². The SMILES string of the molecule is CCCNc1cc(C)nc(CN2CC(C)CC2=O)n1. The van der Waals surface area contributed by atoms with Gasteiger partial charge in [-0.15, -0.1) is 0 Å². The summed E-state index contributed by atoms with van der Waals surface area (Å²) in [5.41, 5.74) is 0.934. The molecule has 2 rings (SSSR count). The van der Waals surface area contributed by atoms with Crippen molar-refractivity contribution >= 4 is 11.7 Å². The Balaban J connectivity index is 2.07. The van der Waals surface area contributed by atoms with Gasteiger partial charge in [0.05, 0.1) is 6.54 Å². The Kier molecular flexibility index (Phi) is 4.35. The minimum absolute atomic E-state index is 0.209. The molecule has 1 amide bonds. The Bertz CT molecular complexity index is 461. The predicted octanol–water partition coefficient (Wildman–Crippen LogP) is 1.98. The molecule has 5 heteroatoms. The molecule has 0 spiro atoms. The third-order valence-corrected chi connectivity index (χ3v) is 3.20. The standard InChI is InChI=1S/C14H22N4O/c1-4-5-15-12-7-11(3)16-13(17-12)9-18-8-10(2)6-14(18)19/h7,10H,4-6,8-9H2,1-3H3,(H,15,16,17). The fourth-order valence-electron chi connectivity index (χ4n) is 2.34. The lowest BCUT2D eigenvalue weighted by Gasteiger charge is -2.16. The van der Waals surface area contributed by atoms with E-state index in [1.54, 1.807) is 0 Å². The Labute approximate surface area is 114 Å². The van der Waals surface area contributed by atoms with E-state index in [0.29, 0.717) is 18.9 Å². The molecule has 1 aromatic heterocycles. The molecule has 1 atom stereocenters. The van der Waals surface area contributed by atoms with Crippen molar-refractivity contribution in [3.63, 3.8) is 0 Å². The van der Waals surface area contributed by atoms with E-state index in [-0.39, 0.29) is 5.91 Å². The topological polar surface area (TPSA) is 58.1 Å². The molecular weight excluding hydrogens is 240 g/mol. The highest BCUT2D eigenvalue weighted by atomic mass is 16.2. The molecule has 0 radical (unpaired) electrons. The van der Waals surface area contributed by atoms with Crippen LogP contribution in [-0.4, -0.2) is 33.9 Å². The highest BCUT2D eigenvalue weighted by molar-refractivity contribution is 5.78. The smallest absolute Gasteiger partial charge is 0.223 e. The van der Waals surface area contributed by atoms with E-state index in [1.165, 1.54) is 0 Å². The van der Waals surface area contributed by atoms with Gasteiger partial charge in [-0.25, -0.2) is 9.97 Å². The summed E-state index contributed by atoms with van der Waals surface area (Å²) in [5, 5.41) is 3.27. The van der Waals surface area contributed by atoms with Crippen LogP contribution in [0.4, 0.5) is 5.82 Å². The van der Waals surface area contributed by atoms with Gasteiger partial charge in [-0.3, -0.25) is 4.79 Å². The van der Waals surface area contributed by atoms with Crippen LogP contribution < -0.4 is 5.32 Å². The number of nitrogens with one attached hydrogen (secondary N) is 1. The van der Waals surface area contributed by atoms with Gasteiger partial charge in [0.1, 0.15) is 11.6 Å². The number of hydrogen-bond acceptors (Lipinski definition) is 4. The second kappa shape index (κ2) is 5.99. The van der Waals surface area contributed by atoms with E-state index in [2.05, 4.69) is 29.1 Å². The highest BCUT2D eigenvalue weighted by Gasteiger charge is 2.27. The number of aromatic nitrogens is 2. The van der Waals surface area contributed by atoms with Gasteiger partial charge in [-0.2, -0.15) is 0 Å². The largest absolute Gasteiger partial charge is 0.370 e. The van der Waals surface area contributed by atoms with Crippen LogP contribution in [0.15, 0.2) is 6.07 Å². The van der Waals surface area contributed by atoms with E-state index in [9.17, 15) is 4.79 Å². The Morgan fingerprint density at radius 2 is 2.26 bits per heavy atom. The molecule has 1 aliphatic heterocycles. The van der Waals surface area contributed by atoms with Gasteiger partial charge in [-0.05, 0) is 19.3 Å². The molecule has 1 aliphatic rings. The van der Waals surface area contributed by atoms with Crippen LogP contribution >= 0.6 is 0 Å². The molecule has 1 aromatic rings. The van der Waals surface area contributed by atoms with E-state index in [0.717, 1.165) is 36.8 Å². The lowest BCUT2D eigenvalue weighted by atomic mass is 10.2. The Morgan fingerprint density at radius 3 is 2.89 bits per heavy atom. The molecule has 0 aromatic carbocycles. The first kappa shape index (κ1) is 13.8. The van der Waals surface area contributed by atoms with Gasteiger partial charge < -0.3 is 10.2 Å².